The van der Waals surface area contributed by atoms with Gasteiger partial charge in [-0.25, -0.2) is 0 Å². The van der Waals surface area contributed by atoms with E-state index in [2.05, 4.69) is 64.2 Å². The quantitative estimate of drug-likeness (QED) is 0.659. The number of nitrogens with one attached hydrogen (secondary N) is 1. The van der Waals surface area contributed by atoms with E-state index in [1.54, 1.807) is 0 Å². The van der Waals surface area contributed by atoms with Gasteiger partial charge in [0, 0.05) is 12.1 Å². The zero-order valence-electron chi connectivity index (χ0n) is 14.1. The molecule has 0 aromatic heterocycles. The molecule has 0 spiro atoms. The van der Waals surface area contributed by atoms with Crippen molar-refractivity contribution in [1.29, 1.82) is 0 Å². The van der Waals surface area contributed by atoms with E-state index in [0.717, 1.165) is 5.92 Å². The normalized spacial score (nSPS) is 14.5. The molecule has 1 rings (SSSR count). The highest BCUT2D eigenvalue weighted by Gasteiger charge is 2.08. The number of hydrogen-bond donors (Lipinski definition) is 1. The van der Waals surface area contributed by atoms with Crippen LogP contribution in [0.2, 0.25) is 0 Å². The molecule has 2 atom stereocenters. The predicted octanol–water partition coefficient (Wildman–Crippen LogP) is 5.12. The molecule has 2 unspecified atom stereocenters. The Kier molecular flexibility index (Phi) is 7.91. The summed E-state index contributed by atoms with van der Waals surface area (Å²) in [5.41, 5.74) is 2.83. The molecule has 1 aromatic carbocycles. The van der Waals surface area contributed by atoms with E-state index in [4.69, 9.17) is 0 Å². The highest BCUT2D eigenvalue weighted by molar-refractivity contribution is 5.22. The van der Waals surface area contributed by atoms with Crippen LogP contribution in [-0.2, 0) is 6.42 Å². The Morgan fingerprint density at radius 1 is 0.950 bits per heavy atom. The van der Waals surface area contributed by atoms with E-state index in [1.807, 2.05) is 0 Å². The minimum Gasteiger partial charge on any atom is -0.312 e. The lowest BCUT2D eigenvalue weighted by atomic mass is 10.0. The number of benzene rings is 1. The molecule has 1 N–H and O–H groups in total. The molecule has 0 aliphatic carbocycles. The van der Waals surface area contributed by atoms with Gasteiger partial charge in [0.25, 0.3) is 0 Å². The van der Waals surface area contributed by atoms with Gasteiger partial charge in [0.1, 0.15) is 0 Å². The first-order chi connectivity index (χ1) is 9.47. The molecule has 0 aliphatic rings. The zero-order chi connectivity index (χ0) is 15.0. The number of aryl methyl sites for hydroxylation is 2. The van der Waals surface area contributed by atoms with Crippen LogP contribution in [0.15, 0.2) is 24.3 Å². The van der Waals surface area contributed by atoms with Crippen LogP contribution in [0.1, 0.15) is 64.5 Å². The topological polar surface area (TPSA) is 12.0 Å². The van der Waals surface area contributed by atoms with Crippen LogP contribution < -0.4 is 5.32 Å². The first-order valence-electron chi connectivity index (χ1n) is 8.29. The second-order valence-electron chi connectivity index (χ2n) is 6.82. The average molecular weight is 275 g/mol. The molecule has 0 aliphatic heterocycles. The molecular formula is C19H33N. The standard InChI is InChI=1S/C19H33N/c1-15(2)8-6-10-17(4)20-18(5)12-13-19-11-7-9-16(3)14-19/h7,9,11,14-15,17-18,20H,6,8,10,12-13H2,1-5H3. The lowest BCUT2D eigenvalue weighted by molar-refractivity contribution is 0.405. The van der Waals surface area contributed by atoms with Crippen molar-refractivity contribution in [1.82, 2.24) is 5.32 Å². The molecule has 0 heterocycles. The van der Waals surface area contributed by atoms with Gasteiger partial charge in [-0.15, -0.1) is 0 Å². The second-order valence-corrected chi connectivity index (χ2v) is 6.82. The summed E-state index contributed by atoms with van der Waals surface area (Å²) in [4.78, 5) is 0. The summed E-state index contributed by atoms with van der Waals surface area (Å²) in [7, 11) is 0. The molecule has 114 valence electrons. The summed E-state index contributed by atoms with van der Waals surface area (Å²) in [5, 5.41) is 3.74. The maximum atomic E-state index is 3.74. The Hall–Kier alpha value is -0.820. The Morgan fingerprint density at radius 2 is 1.65 bits per heavy atom. The summed E-state index contributed by atoms with van der Waals surface area (Å²) < 4.78 is 0. The molecule has 1 heteroatoms. The van der Waals surface area contributed by atoms with Gasteiger partial charge >= 0.3 is 0 Å². The SMILES string of the molecule is Cc1cccc(CCC(C)NC(C)CCCC(C)C)c1. The highest BCUT2D eigenvalue weighted by Crippen LogP contribution is 2.11. The summed E-state index contributed by atoms with van der Waals surface area (Å²) in [6.07, 6.45) is 6.39. The minimum atomic E-state index is 0.601. The summed E-state index contributed by atoms with van der Waals surface area (Å²) >= 11 is 0. The molecule has 0 bridgehead atoms. The van der Waals surface area contributed by atoms with Crippen LogP contribution >= 0.6 is 0 Å². The van der Waals surface area contributed by atoms with Gasteiger partial charge in [-0.1, -0.05) is 56.5 Å². The van der Waals surface area contributed by atoms with Crippen LogP contribution in [0, 0.1) is 12.8 Å². The molecule has 0 fully saturated rings. The Morgan fingerprint density at radius 3 is 2.30 bits per heavy atom. The van der Waals surface area contributed by atoms with Crippen molar-refractivity contribution >= 4 is 0 Å². The third kappa shape index (κ3) is 7.69. The third-order valence-corrected chi connectivity index (χ3v) is 3.94. The molecule has 1 nitrogen and oxygen atoms in total. The molecule has 20 heavy (non-hydrogen) atoms. The van der Waals surface area contributed by atoms with Crippen LogP contribution in [0.4, 0.5) is 0 Å². The Balaban J connectivity index is 2.20. The fourth-order valence-corrected chi connectivity index (χ4v) is 2.74. The molecule has 1 aromatic rings. The maximum absolute atomic E-state index is 3.74. The van der Waals surface area contributed by atoms with Crippen LogP contribution in [-0.4, -0.2) is 12.1 Å². The van der Waals surface area contributed by atoms with Crippen molar-refractivity contribution in [3.8, 4) is 0 Å². The second kappa shape index (κ2) is 9.18. The summed E-state index contributed by atoms with van der Waals surface area (Å²) in [6.45, 7) is 11.4. The largest absolute Gasteiger partial charge is 0.312 e. The van der Waals surface area contributed by atoms with E-state index in [0.29, 0.717) is 12.1 Å². The van der Waals surface area contributed by atoms with Crippen molar-refractivity contribution in [2.45, 2.75) is 78.8 Å². The van der Waals surface area contributed by atoms with Crippen LogP contribution in [0.5, 0.6) is 0 Å². The van der Waals surface area contributed by atoms with Gasteiger partial charge in [0.2, 0.25) is 0 Å². The highest BCUT2D eigenvalue weighted by atomic mass is 14.9. The van der Waals surface area contributed by atoms with Gasteiger partial charge in [-0.05, 0) is 51.5 Å². The molecular weight excluding hydrogens is 242 g/mol. The van der Waals surface area contributed by atoms with Crippen molar-refractivity contribution in [2.24, 2.45) is 5.92 Å². The lowest BCUT2D eigenvalue weighted by Crippen LogP contribution is -2.34. The summed E-state index contributed by atoms with van der Waals surface area (Å²) in [5.74, 6) is 0.834. The van der Waals surface area contributed by atoms with Crippen molar-refractivity contribution in [3.63, 3.8) is 0 Å². The van der Waals surface area contributed by atoms with Crippen molar-refractivity contribution < 1.29 is 0 Å². The zero-order valence-corrected chi connectivity index (χ0v) is 14.1. The minimum absolute atomic E-state index is 0.601. The van der Waals surface area contributed by atoms with E-state index >= 15 is 0 Å². The number of rotatable bonds is 9. The Bertz CT molecular complexity index is 370. The van der Waals surface area contributed by atoms with E-state index in [1.165, 1.54) is 43.2 Å². The first-order valence-corrected chi connectivity index (χ1v) is 8.29. The molecule has 0 saturated carbocycles. The van der Waals surface area contributed by atoms with Crippen molar-refractivity contribution in [2.75, 3.05) is 0 Å². The fraction of sp³-hybridized carbons (Fsp3) is 0.684. The molecule has 0 radical (unpaired) electrons. The monoisotopic (exact) mass is 275 g/mol. The van der Waals surface area contributed by atoms with E-state index in [9.17, 15) is 0 Å². The summed E-state index contributed by atoms with van der Waals surface area (Å²) in [6, 6.07) is 10.1. The van der Waals surface area contributed by atoms with Crippen LogP contribution in [0.3, 0.4) is 0 Å². The molecule has 0 amide bonds. The lowest BCUT2D eigenvalue weighted by Gasteiger charge is -2.20. The number of hydrogen-bond acceptors (Lipinski definition) is 1. The van der Waals surface area contributed by atoms with Gasteiger partial charge in [0.05, 0.1) is 0 Å². The third-order valence-electron chi connectivity index (χ3n) is 3.94. The smallest absolute Gasteiger partial charge is 0.00443 e. The molecule has 0 saturated heterocycles. The van der Waals surface area contributed by atoms with Gasteiger partial charge in [0.15, 0.2) is 0 Å². The fourth-order valence-electron chi connectivity index (χ4n) is 2.74. The maximum Gasteiger partial charge on any atom is 0.00443 e. The van der Waals surface area contributed by atoms with Gasteiger partial charge in [-0.3, -0.25) is 0 Å². The Labute approximate surface area is 126 Å². The van der Waals surface area contributed by atoms with Gasteiger partial charge < -0.3 is 5.32 Å². The van der Waals surface area contributed by atoms with Gasteiger partial charge in [-0.2, -0.15) is 0 Å². The average Bonchev–Trinajstić information content (AvgIpc) is 2.36. The van der Waals surface area contributed by atoms with Crippen LogP contribution in [0.25, 0.3) is 0 Å². The predicted molar refractivity (Wildman–Crippen MR) is 90.2 cm³/mol. The first kappa shape index (κ1) is 17.2. The van der Waals surface area contributed by atoms with Crippen molar-refractivity contribution in [3.05, 3.63) is 35.4 Å². The van der Waals surface area contributed by atoms with E-state index < -0.39 is 0 Å². The van der Waals surface area contributed by atoms with E-state index in [-0.39, 0.29) is 0 Å².